The Bertz CT molecular complexity index is 591. The molecule has 0 saturated carbocycles. The van der Waals surface area contributed by atoms with Gasteiger partial charge in [0, 0.05) is 19.3 Å². The second kappa shape index (κ2) is 6.77. The molecule has 2 aromatic rings. The Morgan fingerprint density at radius 1 is 1.30 bits per heavy atom. The van der Waals surface area contributed by atoms with Gasteiger partial charge in [0.2, 0.25) is 0 Å². The van der Waals surface area contributed by atoms with Gasteiger partial charge < -0.3 is 5.32 Å². The normalized spacial score (nSPS) is 10.6. The molecule has 0 aliphatic carbocycles. The fourth-order valence-electron chi connectivity index (χ4n) is 1.79. The minimum absolute atomic E-state index is 0.162. The summed E-state index contributed by atoms with van der Waals surface area (Å²) in [5.74, 6) is -0.162. The van der Waals surface area contributed by atoms with Crippen LogP contribution in [-0.2, 0) is 6.54 Å². The Labute approximate surface area is 127 Å². The monoisotopic (exact) mass is 311 g/mol. The van der Waals surface area contributed by atoms with Gasteiger partial charge in [-0.1, -0.05) is 35.3 Å². The third-order valence-electron chi connectivity index (χ3n) is 2.85. The summed E-state index contributed by atoms with van der Waals surface area (Å²) in [5, 5.41) is 8.20. The van der Waals surface area contributed by atoms with Gasteiger partial charge in [-0.05, 0) is 25.5 Å². The number of carbonyl (C=O) groups is 1. The van der Waals surface area contributed by atoms with Crippen LogP contribution in [0.5, 0.6) is 0 Å². The predicted octanol–water partition coefficient (Wildman–Crippen LogP) is 3.32. The van der Waals surface area contributed by atoms with Crippen molar-refractivity contribution in [1.82, 2.24) is 15.1 Å². The highest BCUT2D eigenvalue weighted by Crippen LogP contribution is 2.14. The van der Waals surface area contributed by atoms with Crippen LogP contribution < -0.4 is 5.32 Å². The van der Waals surface area contributed by atoms with Gasteiger partial charge in [0.15, 0.2) is 0 Å². The first-order valence-electron chi connectivity index (χ1n) is 6.30. The van der Waals surface area contributed by atoms with Gasteiger partial charge in [0.1, 0.15) is 0 Å². The molecule has 0 bridgehead atoms. The fraction of sp³-hybridized carbons (Fsp3) is 0.286. The smallest absolute Gasteiger partial charge is 0.252 e. The van der Waals surface area contributed by atoms with Crippen LogP contribution in [0, 0.1) is 6.92 Å². The van der Waals surface area contributed by atoms with E-state index in [9.17, 15) is 4.79 Å². The van der Waals surface area contributed by atoms with Gasteiger partial charge in [-0.2, -0.15) is 5.10 Å². The van der Waals surface area contributed by atoms with Crippen molar-refractivity contribution in [1.29, 1.82) is 0 Å². The summed E-state index contributed by atoms with van der Waals surface area (Å²) in [6.07, 6.45) is 2.56. The molecule has 0 aliphatic heterocycles. The third-order valence-corrected chi connectivity index (χ3v) is 3.56. The van der Waals surface area contributed by atoms with Crippen molar-refractivity contribution in [3.05, 3.63) is 51.8 Å². The lowest BCUT2D eigenvalue weighted by molar-refractivity contribution is 0.0952. The summed E-state index contributed by atoms with van der Waals surface area (Å²) in [5.41, 5.74) is 1.30. The lowest BCUT2D eigenvalue weighted by atomic mass is 10.2. The Morgan fingerprint density at radius 3 is 2.70 bits per heavy atom. The van der Waals surface area contributed by atoms with Crippen LogP contribution in [0.2, 0.25) is 10.0 Å². The van der Waals surface area contributed by atoms with Crippen molar-refractivity contribution < 1.29 is 4.79 Å². The molecule has 20 heavy (non-hydrogen) atoms. The van der Waals surface area contributed by atoms with E-state index < -0.39 is 0 Å². The number of hydrogen-bond donors (Lipinski definition) is 1. The van der Waals surface area contributed by atoms with Crippen molar-refractivity contribution in [2.24, 2.45) is 0 Å². The van der Waals surface area contributed by atoms with E-state index in [4.69, 9.17) is 23.2 Å². The molecular weight excluding hydrogens is 297 g/mol. The van der Waals surface area contributed by atoms with Gasteiger partial charge in [0.25, 0.3) is 5.91 Å². The average molecular weight is 312 g/mol. The van der Waals surface area contributed by atoms with E-state index in [1.165, 1.54) is 0 Å². The van der Waals surface area contributed by atoms with Crippen LogP contribution >= 0.6 is 23.2 Å². The molecule has 1 aromatic carbocycles. The fourth-order valence-corrected chi connectivity index (χ4v) is 2.16. The van der Waals surface area contributed by atoms with Crippen molar-refractivity contribution in [3.63, 3.8) is 0 Å². The van der Waals surface area contributed by atoms with E-state index >= 15 is 0 Å². The van der Waals surface area contributed by atoms with Crippen molar-refractivity contribution in [2.45, 2.75) is 19.9 Å². The molecule has 1 amide bonds. The minimum Gasteiger partial charge on any atom is -0.352 e. The van der Waals surface area contributed by atoms with E-state index in [-0.39, 0.29) is 5.91 Å². The minimum atomic E-state index is -0.162. The zero-order valence-corrected chi connectivity index (χ0v) is 12.6. The maximum absolute atomic E-state index is 11.9. The van der Waals surface area contributed by atoms with Gasteiger partial charge >= 0.3 is 0 Å². The second-order valence-electron chi connectivity index (χ2n) is 4.41. The maximum Gasteiger partial charge on any atom is 0.252 e. The molecule has 6 heteroatoms. The number of benzene rings is 1. The lowest BCUT2D eigenvalue weighted by Crippen LogP contribution is -2.25. The Morgan fingerprint density at radius 2 is 2.05 bits per heavy atom. The number of hydrogen-bond acceptors (Lipinski definition) is 2. The summed E-state index contributed by atoms with van der Waals surface area (Å²) in [6.45, 7) is 3.12. The van der Waals surface area contributed by atoms with Crippen molar-refractivity contribution in [3.8, 4) is 0 Å². The van der Waals surface area contributed by atoms with Crippen LogP contribution in [0.3, 0.4) is 0 Å². The van der Waals surface area contributed by atoms with Crippen LogP contribution in [0.25, 0.3) is 0 Å². The highest BCUT2D eigenvalue weighted by atomic mass is 35.5. The topological polar surface area (TPSA) is 46.9 Å². The van der Waals surface area contributed by atoms with Gasteiger partial charge in [-0.3, -0.25) is 9.48 Å². The molecule has 0 unspecified atom stereocenters. The van der Waals surface area contributed by atoms with Gasteiger partial charge in [-0.25, -0.2) is 0 Å². The summed E-state index contributed by atoms with van der Waals surface area (Å²) >= 11 is 11.9. The standard InChI is InChI=1S/C14H15Cl2N3O/c1-10-13(16)9-19(18-10)8-4-7-17-14(20)11-5-2-3-6-12(11)15/h2-3,5-6,9H,4,7-8H2,1H3,(H,17,20). The SMILES string of the molecule is Cc1nn(CCCNC(=O)c2ccccc2Cl)cc1Cl. The zero-order valence-electron chi connectivity index (χ0n) is 11.1. The number of halogens is 2. The Kier molecular flexibility index (Phi) is 5.04. The highest BCUT2D eigenvalue weighted by molar-refractivity contribution is 6.33. The average Bonchev–Trinajstić information content (AvgIpc) is 2.74. The van der Waals surface area contributed by atoms with Gasteiger partial charge in [-0.15, -0.1) is 0 Å². The molecule has 1 heterocycles. The van der Waals surface area contributed by atoms with E-state index in [0.717, 1.165) is 12.1 Å². The zero-order chi connectivity index (χ0) is 14.5. The van der Waals surface area contributed by atoms with Crippen LogP contribution in [0.4, 0.5) is 0 Å². The summed E-state index contributed by atoms with van der Waals surface area (Å²) < 4.78 is 1.78. The molecular formula is C14H15Cl2N3O. The molecule has 0 aliphatic rings. The van der Waals surface area contributed by atoms with Crippen LogP contribution in [-0.4, -0.2) is 22.2 Å². The maximum atomic E-state index is 11.9. The molecule has 2 rings (SSSR count). The highest BCUT2D eigenvalue weighted by Gasteiger charge is 2.08. The van der Waals surface area contributed by atoms with E-state index in [1.54, 1.807) is 35.1 Å². The largest absolute Gasteiger partial charge is 0.352 e. The van der Waals surface area contributed by atoms with Crippen LogP contribution in [0.15, 0.2) is 30.5 Å². The lowest BCUT2D eigenvalue weighted by Gasteiger charge is -2.06. The number of amides is 1. The molecule has 0 radical (unpaired) electrons. The Hall–Kier alpha value is -1.52. The molecule has 0 atom stereocenters. The first-order chi connectivity index (χ1) is 9.58. The number of carbonyl (C=O) groups excluding carboxylic acids is 1. The predicted molar refractivity (Wildman–Crippen MR) is 80.4 cm³/mol. The van der Waals surface area contributed by atoms with Gasteiger partial charge in [0.05, 0.1) is 21.3 Å². The molecule has 1 aromatic heterocycles. The number of nitrogens with one attached hydrogen (secondary N) is 1. The molecule has 106 valence electrons. The first kappa shape index (κ1) is 14.9. The molecule has 0 fully saturated rings. The van der Waals surface area contributed by atoms with E-state index in [2.05, 4.69) is 10.4 Å². The summed E-state index contributed by atoms with van der Waals surface area (Å²) in [4.78, 5) is 11.9. The number of rotatable bonds is 5. The quantitative estimate of drug-likeness (QED) is 0.861. The first-order valence-corrected chi connectivity index (χ1v) is 7.06. The molecule has 4 nitrogen and oxygen atoms in total. The second-order valence-corrected chi connectivity index (χ2v) is 5.23. The van der Waals surface area contributed by atoms with E-state index in [0.29, 0.717) is 28.7 Å². The third kappa shape index (κ3) is 3.74. The van der Waals surface area contributed by atoms with Crippen LogP contribution in [0.1, 0.15) is 22.5 Å². The molecule has 1 N–H and O–H groups in total. The van der Waals surface area contributed by atoms with E-state index in [1.807, 2.05) is 6.92 Å². The molecule has 0 spiro atoms. The Balaban J connectivity index is 1.79. The molecule has 0 saturated heterocycles. The summed E-state index contributed by atoms with van der Waals surface area (Å²) in [6, 6.07) is 6.98. The number of aromatic nitrogens is 2. The van der Waals surface area contributed by atoms with Crippen molar-refractivity contribution >= 4 is 29.1 Å². The number of nitrogens with zero attached hydrogens (tertiary/aromatic N) is 2. The number of aryl methyl sites for hydroxylation is 2. The summed E-state index contributed by atoms with van der Waals surface area (Å²) in [7, 11) is 0. The van der Waals surface area contributed by atoms with Crippen molar-refractivity contribution in [2.75, 3.05) is 6.54 Å².